The molecule has 0 aromatic heterocycles. The number of aliphatic hydroxyl groups is 1. The van der Waals surface area contributed by atoms with Crippen molar-refractivity contribution in [1.29, 1.82) is 0 Å². The second-order valence-electron chi connectivity index (χ2n) is 10.00. The number of halogens is 3. The maximum atomic E-state index is 13.5. The molecule has 1 aromatic rings. The number of amides is 1. The number of alkyl halides is 3. The molecule has 38 heavy (non-hydrogen) atoms. The quantitative estimate of drug-likeness (QED) is 0.506. The second-order valence-corrected chi connectivity index (χ2v) is 12.4. The largest absolute Gasteiger partial charge is 0.421 e. The van der Waals surface area contributed by atoms with Gasteiger partial charge in [0.1, 0.15) is 0 Å². The lowest BCUT2D eigenvalue weighted by Gasteiger charge is -2.45. The fourth-order valence-corrected chi connectivity index (χ4v) is 6.95. The van der Waals surface area contributed by atoms with Gasteiger partial charge in [0.05, 0.1) is 17.5 Å². The summed E-state index contributed by atoms with van der Waals surface area (Å²) in [6.07, 6.45) is 0.501. The predicted molar refractivity (Wildman–Crippen MR) is 142 cm³/mol. The van der Waals surface area contributed by atoms with Gasteiger partial charge in [0, 0.05) is 55.7 Å². The molecule has 0 spiro atoms. The molecule has 4 rings (SSSR count). The maximum Gasteiger partial charge on any atom is 0.421 e. The first-order chi connectivity index (χ1) is 17.7. The Morgan fingerprint density at radius 2 is 1.87 bits per heavy atom. The van der Waals surface area contributed by atoms with Gasteiger partial charge in [-0.15, -0.1) is 0 Å². The van der Waals surface area contributed by atoms with Crippen molar-refractivity contribution in [2.75, 3.05) is 44.2 Å². The number of carbonyl (C=O) groups is 1. The summed E-state index contributed by atoms with van der Waals surface area (Å²) in [5.74, 6) is -0.127. The fourth-order valence-electron chi connectivity index (χ4n) is 4.88. The van der Waals surface area contributed by atoms with Crippen molar-refractivity contribution in [3.63, 3.8) is 0 Å². The van der Waals surface area contributed by atoms with Gasteiger partial charge in [-0.25, -0.2) is 8.42 Å². The Bertz CT molecular complexity index is 1250. The van der Waals surface area contributed by atoms with E-state index in [0.29, 0.717) is 37.0 Å². The van der Waals surface area contributed by atoms with Gasteiger partial charge in [-0.2, -0.15) is 17.5 Å². The summed E-state index contributed by atoms with van der Waals surface area (Å²) in [4.78, 5) is 16.4. The third-order valence-electron chi connectivity index (χ3n) is 7.35. The molecule has 0 bridgehead atoms. The summed E-state index contributed by atoms with van der Waals surface area (Å²) in [5.41, 5.74) is -2.70. The van der Waals surface area contributed by atoms with Gasteiger partial charge in [0.2, 0.25) is 15.9 Å². The fraction of sp³-hybridized carbons (Fsp3) is 0.520. The van der Waals surface area contributed by atoms with Crippen molar-refractivity contribution in [2.45, 2.75) is 44.1 Å². The van der Waals surface area contributed by atoms with Crippen LogP contribution in [0.2, 0.25) is 0 Å². The van der Waals surface area contributed by atoms with Crippen LogP contribution in [0, 0.1) is 0 Å². The summed E-state index contributed by atoms with van der Waals surface area (Å²) in [5, 5.41) is 12.8. The molecule has 1 aromatic carbocycles. The molecule has 3 aliphatic rings. The Balaban J connectivity index is 1.63. The van der Waals surface area contributed by atoms with E-state index in [-0.39, 0.29) is 48.6 Å². The van der Waals surface area contributed by atoms with Crippen molar-refractivity contribution in [3.8, 4) is 0 Å². The first-order valence-electron chi connectivity index (χ1n) is 12.3. The van der Waals surface area contributed by atoms with E-state index in [1.807, 2.05) is 16.7 Å². The molecule has 13 heteroatoms. The van der Waals surface area contributed by atoms with Gasteiger partial charge < -0.3 is 15.3 Å². The Kier molecular flexibility index (Phi) is 8.06. The maximum absolute atomic E-state index is 13.5. The molecule has 208 valence electrons. The van der Waals surface area contributed by atoms with Crippen molar-refractivity contribution in [1.82, 2.24) is 14.5 Å². The molecule has 8 nitrogen and oxygen atoms in total. The van der Waals surface area contributed by atoms with Gasteiger partial charge in [0.25, 0.3) is 0 Å². The Labute approximate surface area is 225 Å². The Morgan fingerprint density at radius 1 is 1.18 bits per heavy atom. The number of piperazine rings is 2. The van der Waals surface area contributed by atoms with Gasteiger partial charge in [-0.3, -0.25) is 9.69 Å². The normalized spacial score (nSPS) is 25.6. The van der Waals surface area contributed by atoms with Crippen LogP contribution in [-0.2, 0) is 20.4 Å². The molecule has 3 atom stereocenters. The third-order valence-corrected chi connectivity index (χ3v) is 9.81. The number of sulfonamides is 1. The topological polar surface area (TPSA) is 93.2 Å². The first kappa shape index (κ1) is 28.7. The predicted octanol–water partition coefficient (Wildman–Crippen LogP) is 2.31. The molecular weight excluding hydrogens is 541 g/mol. The molecule has 2 fully saturated rings. The number of carbonyl (C=O) groups excluding carboxylic acids is 1. The van der Waals surface area contributed by atoms with E-state index in [1.54, 1.807) is 12.2 Å². The molecule has 2 saturated heterocycles. The van der Waals surface area contributed by atoms with Crippen LogP contribution in [0.5, 0.6) is 0 Å². The van der Waals surface area contributed by atoms with Crippen molar-refractivity contribution < 1.29 is 31.5 Å². The van der Waals surface area contributed by atoms with E-state index in [0.717, 1.165) is 0 Å². The minimum atomic E-state index is -4.84. The monoisotopic (exact) mass is 572 g/mol. The van der Waals surface area contributed by atoms with E-state index in [2.05, 4.69) is 5.32 Å². The molecule has 2 aliphatic heterocycles. The van der Waals surface area contributed by atoms with Crippen LogP contribution in [0.4, 0.5) is 18.9 Å². The molecule has 0 unspecified atom stereocenters. The highest BCUT2D eigenvalue weighted by molar-refractivity contribution is 7.96. The smallest absolute Gasteiger partial charge is 0.376 e. The van der Waals surface area contributed by atoms with Crippen LogP contribution >= 0.6 is 12.2 Å². The summed E-state index contributed by atoms with van der Waals surface area (Å²) < 4.78 is 68.4. The molecular formula is C25H31F3N4O4S2. The average Bonchev–Trinajstić information content (AvgIpc) is 2.86. The number of allylic oxidation sites excluding steroid dienone is 4. The zero-order valence-electron chi connectivity index (χ0n) is 21.1. The minimum absolute atomic E-state index is 0.0181. The van der Waals surface area contributed by atoms with Gasteiger partial charge in [0.15, 0.2) is 5.60 Å². The van der Waals surface area contributed by atoms with E-state index in [1.165, 1.54) is 34.6 Å². The summed E-state index contributed by atoms with van der Waals surface area (Å²) in [6, 6.07) is 5.10. The van der Waals surface area contributed by atoms with E-state index in [9.17, 15) is 31.5 Å². The molecule has 1 aliphatic carbocycles. The number of benzene rings is 1. The zero-order valence-corrected chi connectivity index (χ0v) is 22.7. The summed E-state index contributed by atoms with van der Waals surface area (Å²) in [7, 11) is -3.86. The summed E-state index contributed by atoms with van der Waals surface area (Å²) >= 11 is 5.31. The standard InChI is InChI=1S/C25H31F3N4O4S2/c1-17-13-29-23(33)16-30(17)14-20-15-31(38(35,36)22-6-4-3-5-21(22)37)11-12-32(20)19-9-7-18(8-10-19)24(2,34)25(26,27)28/h3-4,6-10,17,20,34H,5,11-16H2,1-2H3,(H,29,33)/t17-,20+,24+/m1/s1. The van der Waals surface area contributed by atoms with E-state index < -0.39 is 27.8 Å². The number of hydrogen-bond acceptors (Lipinski definition) is 7. The van der Waals surface area contributed by atoms with E-state index in [4.69, 9.17) is 12.2 Å². The van der Waals surface area contributed by atoms with Crippen LogP contribution in [0.3, 0.4) is 0 Å². The van der Waals surface area contributed by atoms with Crippen molar-refractivity contribution >= 4 is 38.7 Å². The molecule has 2 N–H and O–H groups in total. The Morgan fingerprint density at radius 3 is 2.50 bits per heavy atom. The highest BCUT2D eigenvalue weighted by Crippen LogP contribution is 2.39. The first-order valence-corrected chi connectivity index (χ1v) is 14.1. The lowest BCUT2D eigenvalue weighted by molar-refractivity contribution is -0.258. The van der Waals surface area contributed by atoms with Gasteiger partial charge in [-0.05, 0) is 37.6 Å². The molecule has 0 saturated carbocycles. The van der Waals surface area contributed by atoms with Crippen LogP contribution in [0.25, 0.3) is 0 Å². The van der Waals surface area contributed by atoms with Crippen LogP contribution in [-0.4, -0.2) is 91.0 Å². The number of anilines is 1. The average molecular weight is 573 g/mol. The van der Waals surface area contributed by atoms with Gasteiger partial charge >= 0.3 is 6.18 Å². The van der Waals surface area contributed by atoms with Crippen LogP contribution in [0.15, 0.2) is 47.4 Å². The third kappa shape index (κ3) is 5.67. The number of nitrogens with zero attached hydrogens (tertiary/aromatic N) is 3. The molecule has 2 heterocycles. The lowest BCUT2D eigenvalue weighted by Crippen LogP contribution is -2.62. The number of rotatable bonds is 6. The second kappa shape index (κ2) is 10.7. The number of hydrogen-bond donors (Lipinski definition) is 2. The number of nitrogens with one attached hydrogen (secondary N) is 1. The van der Waals surface area contributed by atoms with E-state index >= 15 is 0 Å². The molecule has 0 radical (unpaired) electrons. The molecule has 1 amide bonds. The zero-order chi connectivity index (χ0) is 27.9. The van der Waals surface area contributed by atoms with Gasteiger partial charge in [-0.1, -0.05) is 36.5 Å². The highest BCUT2D eigenvalue weighted by atomic mass is 32.2. The number of thiocarbonyl (C=S) groups is 1. The van der Waals surface area contributed by atoms with Crippen molar-refractivity contribution in [2.24, 2.45) is 0 Å². The lowest BCUT2D eigenvalue weighted by atomic mass is 9.95. The van der Waals surface area contributed by atoms with Crippen LogP contribution in [0.1, 0.15) is 25.8 Å². The Hall–Kier alpha value is -2.32. The highest BCUT2D eigenvalue weighted by Gasteiger charge is 2.51. The minimum Gasteiger partial charge on any atom is -0.376 e. The summed E-state index contributed by atoms with van der Waals surface area (Å²) in [6.45, 7) is 4.20. The van der Waals surface area contributed by atoms with Crippen molar-refractivity contribution in [3.05, 3.63) is 53.0 Å². The SMILES string of the molecule is C[C@@H]1CNC(=O)CN1C[C@H]1CN(S(=O)(=O)C2=CC=CCC2=S)CCN1c1ccc([C@](C)(O)C(F)(F)F)cc1. The van der Waals surface area contributed by atoms with Crippen LogP contribution < -0.4 is 10.2 Å².